The van der Waals surface area contributed by atoms with Crippen molar-refractivity contribution in [2.24, 2.45) is 4.99 Å². The number of oxazole rings is 1. The van der Waals surface area contributed by atoms with Gasteiger partial charge in [0.15, 0.2) is 5.96 Å². The quantitative estimate of drug-likeness (QED) is 0.432. The van der Waals surface area contributed by atoms with E-state index in [0.717, 1.165) is 50.0 Å². The zero-order valence-corrected chi connectivity index (χ0v) is 13.0. The molecule has 6 heteroatoms. The monoisotopic (exact) mass is 282 g/mol. The molecule has 1 aromatic heterocycles. The maximum atomic E-state index is 5.51. The summed E-state index contributed by atoms with van der Waals surface area (Å²) in [6.45, 7) is 8.87. The van der Waals surface area contributed by atoms with E-state index in [1.54, 1.807) is 7.05 Å². The number of hydrogen-bond donors (Lipinski definition) is 2. The van der Waals surface area contributed by atoms with Gasteiger partial charge in [-0.15, -0.1) is 0 Å². The predicted octanol–water partition coefficient (Wildman–Crippen LogP) is 1.77. The Bertz CT molecular complexity index is 396. The number of nitrogens with one attached hydrogen (secondary N) is 2. The fourth-order valence-corrected chi connectivity index (χ4v) is 1.67. The molecule has 1 heterocycles. The molecule has 0 bridgehead atoms. The summed E-state index contributed by atoms with van der Waals surface area (Å²) in [5, 5.41) is 6.43. The third-order valence-corrected chi connectivity index (χ3v) is 2.92. The molecule has 0 aliphatic carbocycles. The summed E-state index contributed by atoms with van der Waals surface area (Å²) >= 11 is 0. The Balaban J connectivity index is 2.20. The number of ether oxygens (including phenoxy) is 1. The maximum Gasteiger partial charge on any atom is 0.214 e. The molecule has 0 saturated carbocycles. The van der Waals surface area contributed by atoms with Crippen molar-refractivity contribution in [2.45, 2.75) is 40.2 Å². The third-order valence-electron chi connectivity index (χ3n) is 2.92. The van der Waals surface area contributed by atoms with Gasteiger partial charge in [0.1, 0.15) is 5.76 Å². The van der Waals surface area contributed by atoms with Gasteiger partial charge in [0, 0.05) is 26.8 Å². The SMILES string of the molecule is CCOCCCCNC(=NC)NCc1nc(C)c(C)o1. The predicted molar refractivity (Wildman–Crippen MR) is 79.9 cm³/mol. The molecule has 2 N–H and O–H groups in total. The number of unbranched alkanes of at least 4 members (excludes halogenated alkanes) is 1. The normalized spacial score (nSPS) is 11.7. The molecular formula is C14H26N4O2. The fraction of sp³-hybridized carbons (Fsp3) is 0.714. The average Bonchev–Trinajstić information content (AvgIpc) is 2.76. The summed E-state index contributed by atoms with van der Waals surface area (Å²) in [6.07, 6.45) is 2.11. The second-order valence-corrected chi connectivity index (χ2v) is 4.51. The van der Waals surface area contributed by atoms with Crippen molar-refractivity contribution in [2.75, 3.05) is 26.8 Å². The van der Waals surface area contributed by atoms with Gasteiger partial charge in [-0.3, -0.25) is 4.99 Å². The van der Waals surface area contributed by atoms with Gasteiger partial charge in [-0.05, 0) is 33.6 Å². The Kier molecular flexibility index (Phi) is 7.72. The highest BCUT2D eigenvalue weighted by Crippen LogP contribution is 2.07. The molecule has 20 heavy (non-hydrogen) atoms. The van der Waals surface area contributed by atoms with E-state index < -0.39 is 0 Å². The van der Waals surface area contributed by atoms with Crippen LogP contribution in [0.5, 0.6) is 0 Å². The van der Waals surface area contributed by atoms with Crippen molar-refractivity contribution >= 4 is 5.96 Å². The Hall–Kier alpha value is -1.56. The van der Waals surface area contributed by atoms with Crippen LogP contribution in [0.3, 0.4) is 0 Å². The second-order valence-electron chi connectivity index (χ2n) is 4.51. The zero-order valence-electron chi connectivity index (χ0n) is 13.0. The number of guanidine groups is 1. The van der Waals surface area contributed by atoms with Gasteiger partial charge < -0.3 is 19.8 Å². The molecule has 6 nitrogen and oxygen atoms in total. The minimum absolute atomic E-state index is 0.535. The van der Waals surface area contributed by atoms with E-state index in [1.807, 2.05) is 20.8 Å². The summed E-state index contributed by atoms with van der Waals surface area (Å²) in [5.41, 5.74) is 0.931. The van der Waals surface area contributed by atoms with E-state index in [4.69, 9.17) is 9.15 Å². The average molecular weight is 282 g/mol. The van der Waals surface area contributed by atoms with Gasteiger partial charge in [-0.1, -0.05) is 0 Å². The molecule has 1 aromatic rings. The second kappa shape index (κ2) is 9.36. The summed E-state index contributed by atoms with van der Waals surface area (Å²) in [4.78, 5) is 8.48. The number of hydrogen-bond acceptors (Lipinski definition) is 4. The molecule has 0 atom stereocenters. The standard InChI is InChI=1S/C14H26N4O2/c1-5-19-9-7-6-8-16-14(15-4)17-10-13-18-11(2)12(3)20-13/h5-10H2,1-4H3,(H2,15,16,17). The minimum atomic E-state index is 0.535. The highest BCUT2D eigenvalue weighted by Gasteiger charge is 2.05. The van der Waals surface area contributed by atoms with Crippen LogP contribution >= 0.6 is 0 Å². The van der Waals surface area contributed by atoms with E-state index in [1.165, 1.54) is 0 Å². The van der Waals surface area contributed by atoms with E-state index >= 15 is 0 Å². The van der Waals surface area contributed by atoms with E-state index in [2.05, 4.69) is 20.6 Å². The van der Waals surface area contributed by atoms with Gasteiger partial charge in [-0.25, -0.2) is 4.98 Å². The van der Waals surface area contributed by atoms with Crippen LogP contribution in [0.2, 0.25) is 0 Å². The largest absolute Gasteiger partial charge is 0.444 e. The minimum Gasteiger partial charge on any atom is -0.444 e. The molecule has 0 radical (unpaired) electrons. The van der Waals surface area contributed by atoms with Crippen LogP contribution in [0.1, 0.15) is 37.1 Å². The summed E-state index contributed by atoms with van der Waals surface area (Å²) in [7, 11) is 1.75. The Morgan fingerprint density at radius 1 is 1.30 bits per heavy atom. The number of nitrogens with zero attached hydrogens (tertiary/aromatic N) is 2. The lowest BCUT2D eigenvalue weighted by Crippen LogP contribution is -2.37. The lowest BCUT2D eigenvalue weighted by Gasteiger charge is -2.10. The van der Waals surface area contributed by atoms with Crippen molar-refractivity contribution in [3.63, 3.8) is 0 Å². The first kappa shape index (κ1) is 16.5. The van der Waals surface area contributed by atoms with Gasteiger partial charge >= 0.3 is 0 Å². The van der Waals surface area contributed by atoms with Crippen LogP contribution in [-0.4, -0.2) is 37.7 Å². The molecule has 1 rings (SSSR count). The summed E-state index contributed by atoms with van der Waals surface area (Å²) in [5.74, 6) is 2.30. The molecule has 0 aromatic carbocycles. The van der Waals surface area contributed by atoms with Gasteiger partial charge in [-0.2, -0.15) is 0 Å². The van der Waals surface area contributed by atoms with Crippen LogP contribution in [0.15, 0.2) is 9.41 Å². The lowest BCUT2D eigenvalue weighted by atomic mass is 10.3. The fourth-order valence-electron chi connectivity index (χ4n) is 1.67. The number of aromatic nitrogens is 1. The molecule has 0 spiro atoms. The molecule has 0 aliphatic rings. The number of rotatable bonds is 8. The number of aryl methyl sites for hydroxylation is 2. The first-order valence-corrected chi connectivity index (χ1v) is 7.12. The van der Waals surface area contributed by atoms with Crippen molar-refractivity contribution in [3.05, 3.63) is 17.3 Å². The summed E-state index contributed by atoms with van der Waals surface area (Å²) < 4.78 is 10.8. The maximum absolute atomic E-state index is 5.51. The molecule has 0 fully saturated rings. The van der Waals surface area contributed by atoms with Crippen molar-refractivity contribution in [1.82, 2.24) is 15.6 Å². The first-order valence-electron chi connectivity index (χ1n) is 7.12. The van der Waals surface area contributed by atoms with Gasteiger partial charge in [0.25, 0.3) is 0 Å². The van der Waals surface area contributed by atoms with Crippen LogP contribution in [-0.2, 0) is 11.3 Å². The van der Waals surface area contributed by atoms with Crippen molar-refractivity contribution in [3.8, 4) is 0 Å². The van der Waals surface area contributed by atoms with Crippen molar-refractivity contribution in [1.29, 1.82) is 0 Å². The Morgan fingerprint density at radius 2 is 2.10 bits per heavy atom. The zero-order chi connectivity index (χ0) is 14.8. The Morgan fingerprint density at radius 3 is 2.70 bits per heavy atom. The van der Waals surface area contributed by atoms with Gasteiger partial charge in [0.05, 0.1) is 12.2 Å². The van der Waals surface area contributed by atoms with Crippen LogP contribution < -0.4 is 10.6 Å². The van der Waals surface area contributed by atoms with E-state index in [0.29, 0.717) is 12.4 Å². The van der Waals surface area contributed by atoms with E-state index in [9.17, 15) is 0 Å². The van der Waals surface area contributed by atoms with Crippen LogP contribution in [0.4, 0.5) is 0 Å². The topological polar surface area (TPSA) is 71.7 Å². The number of aliphatic imine (C=N–C) groups is 1. The Labute approximate surface area is 121 Å². The molecule has 0 saturated heterocycles. The van der Waals surface area contributed by atoms with Gasteiger partial charge in [0.2, 0.25) is 5.89 Å². The van der Waals surface area contributed by atoms with Crippen LogP contribution in [0.25, 0.3) is 0 Å². The molecular weight excluding hydrogens is 256 g/mol. The molecule has 0 amide bonds. The lowest BCUT2D eigenvalue weighted by molar-refractivity contribution is 0.143. The molecule has 0 unspecified atom stereocenters. The first-order chi connectivity index (χ1) is 9.67. The smallest absolute Gasteiger partial charge is 0.214 e. The van der Waals surface area contributed by atoms with Crippen LogP contribution in [0, 0.1) is 13.8 Å². The third kappa shape index (κ3) is 6.06. The highest BCUT2D eigenvalue weighted by atomic mass is 16.5. The molecule has 0 aliphatic heterocycles. The molecule has 114 valence electrons. The van der Waals surface area contributed by atoms with Crippen molar-refractivity contribution < 1.29 is 9.15 Å². The summed E-state index contributed by atoms with van der Waals surface area (Å²) in [6, 6.07) is 0. The van der Waals surface area contributed by atoms with E-state index in [-0.39, 0.29) is 0 Å². The highest BCUT2D eigenvalue weighted by molar-refractivity contribution is 5.79.